The summed E-state index contributed by atoms with van der Waals surface area (Å²) in [5.41, 5.74) is 0.930. The summed E-state index contributed by atoms with van der Waals surface area (Å²) >= 11 is 5.97. The van der Waals surface area contributed by atoms with Crippen molar-refractivity contribution < 1.29 is 27.1 Å². The van der Waals surface area contributed by atoms with Crippen LogP contribution >= 0.6 is 11.6 Å². The quantitative estimate of drug-likeness (QED) is 0.459. The number of carbonyl (C=O) groups excluding carboxylic acids is 1. The van der Waals surface area contributed by atoms with Gasteiger partial charge in [-0.2, -0.15) is 0 Å². The van der Waals surface area contributed by atoms with Gasteiger partial charge in [0.1, 0.15) is 12.4 Å². The molecule has 0 aliphatic carbocycles. The maximum atomic E-state index is 13.6. The first kappa shape index (κ1) is 25.3. The number of hydrogen-bond acceptors (Lipinski definition) is 5. The molecule has 0 fully saturated rings. The van der Waals surface area contributed by atoms with Crippen LogP contribution in [0.15, 0.2) is 71.6 Å². The van der Waals surface area contributed by atoms with E-state index in [9.17, 15) is 17.6 Å². The van der Waals surface area contributed by atoms with Gasteiger partial charge in [-0.25, -0.2) is 12.8 Å². The predicted molar refractivity (Wildman–Crippen MR) is 128 cm³/mol. The molecule has 1 amide bonds. The number of ether oxygens (including phenoxy) is 2. The third kappa shape index (κ3) is 5.78. The Hall–Kier alpha value is -3.30. The number of nitrogens with one attached hydrogen (secondary N) is 1. The SMILES string of the molecule is COc1ccc(S(=O)(=O)N(CC(=O)NC(C)c2ccc(F)cc2)c2ccc(Cl)cc2)cc1OC. The molecule has 3 rings (SSSR count). The van der Waals surface area contributed by atoms with E-state index in [4.69, 9.17) is 21.1 Å². The molecule has 180 valence electrons. The molecule has 0 saturated carbocycles. The van der Waals surface area contributed by atoms with Crippen molar-refractivity contribution in [2.45, 2.75) is 17.9 Å². The highest BCUT2D eigenvalue weighted by atomic mass is 35.5. The fourth-order valence-corrected chi connectivity index (χ4v) is 4.84. The van der Waals surface area contributed by atoms with Crippen LogP contribution in [-0.2, 0) is 14.8 Å². The standard InChI is InChI=1S/C24H24ClFN2O5S/c1-16(17-4-8-19(26)9-5-17)27-24(29)15-28(20-10-6-18(25)7-11-20)34(30,31)21-12-13-22(32-2)23(14-21)33-3/h4-14,16H,15H2,1-3H3,(H,27,29). The first-order valence-corrected chi connectivity index (χ1v) is 12.0. The van der Waals surface area contributed by atoms with Gasteiger partial charge in [0.15, 0.2) is 11.5 Å². The highest BCUT2D eigenvalue weighted by Gasteiger charge is 2.29. The Morgan fingerprint density at radius 1 is 1.00 bits per heavy atom. The summed E-state index contributed by atoms with van der Waals surface area (Å²) in [6.07, 6.45) is 0. The Morgan fingerprint density at radius 3 is 2.21 bits per heavy atom. The Labute approximate surface area is 203 Å². The minimum atomic E-state index is -4.18. The van der Waals surface area contributed by atoms with E-state index in [1.807, 2.05) is 0 Å². The van der Waals surface area contributed by atoms with Crippen LogP contribution in [0.25, 0.3) is 0 Å². The van der Waals surface area contributed by atoms with Crippen LogP contribution in [0.4, 0.5) is 10.1 Å². The molecule has 3 aromatic carbocycles. The van der Waals surface area contributed by atoms with Crippen molar-refractivity contribution in [1.29, 1.82) is 0 Å². The molecule has 0 aliphatic rings. The fraction of sp³-hybridized carbons (Fsp3) is 0.208. The highest BCUT2D eigenvalue weighted by molar-refractivity contribution is 7.92. The van der Waals surface area contributed by atoms with Gasteiger partial charge in [-0.3, -0.25) is 9.10 Å². The Kier molecular flexibility index (Phi) is 8.01. The number of carbonyl (C=O) groups is 1. The lowest BCUT2D eigenvalue weighted by atomic mass is 10.1. The maximum Gasteiger partial charge on any atom is 0.264 e. The van der Waals surface area contributed by atoms with Gasteiger partial charge in [-0.05, 0) is 61.0 Å². The Balaban J connectivity index is 1.93. The lowest BCUT2D eigenvalue weighted by Gasteiger charge is -2.25. The van der Waals surface area contributed by atoms with Crippen molar-refractivity contribution in [3.05, 3.63) is 83.1 Å². The van der Waals surface area contributed by atoms with Crippen molar-refractivity contribution in [3.8, 4) is 11.5 Å². The van der Waals surface area contributed by atoms with Crippen molar-refractivity contribution in [3.63, 3.8) is 0 Å². The van der Waals surface area contributed by atoms with Gasteiger partial charge in [-0.15, -0.1) is 0 Å². The normalized spacial score (nSPS) is 12.0. The van der Waals surface area contributed by atoms with Gasteiger partial charge in [-0.1, -0.05) is 23.7 Å². The van der Waals surface area contributed by atoms with Gasteiger partial charge >= 0.3 is 0 Å². The molecule has 10 heteroatoms. The Morgan fingerprint density at radius 2 is 1.62 bits per heavy atom. The zero-order valence-electron chi connectivity index (χ0n) is 18.8. The van der Waals surface area contributed by atoms with E-state index in [0.717, 1.165) is 4.31 Å². The van der Waals surface area contributed by atoms with Crippen molar-refractivity contribution in [1.82, 2.24) is 5.32 Å². The first-order valence-electron chi connectivity index (χ1n) is 10.2. The summed E-state index contributed by atoms with van der Waals surface area (Å²) in [6.45, 7) is 1.23. The van der Waals surface area contributed by atoms with Gasteiger partial charge in [0, 0.05) is 11.1 Å². The van der Waals surface area contributed by atoms with Crippen molar-refractivity contribution >= 4 is 33.2 Å². The number of rotatable bonds is 9. The third-order valence-corrected chi connectivity index (χ3v) is 7.11. The van der Waals surface area contributed by atoms with E-state index in [-0.39, 0.29) is 16.3 Å². The van der Waals surface area contributed by atoms with Crippen LogP contribution in [0.2, 0.25) is 5.02 Å². The molecule has 7 nitrogen and oxygen atoms in total. The smallest absolute Gasteiger partial charge is 0.264 e. The summed E-state index contributed by atoms with van der Waals surface area (Å²) in [4.78, 5) is 12.8. The van der Waals surface area contributed by atoms with Crippen LogP contribution in [-0.4, -0.2) is 35.1 Å². The number of anilines is 1. The third-order valence-electron chi connectivity index (χ3n) is 5.09. The van der Waals surface area contributed by atoms with Crippen LogP contribution in [0.5, 0.6) is 11.5 Å². The first-order chi connectivity index (χ1) is 16.1. The van der Waals surface area contributed by atoms with Gasteiger partial charge in [0.2, 0.25) is 5.91 Å². The van der Waals surface area contributed by atoms with Crippen LogP contribution in [0, 0.1) is 5.82 Å². The van der Waals surface area contributed by atoms with E-state index in [1.165, 1.54) is 68.8 Å². The number of hydrogen-bond donors (Lipinski definition) is 1. The number of sulfonamides is 1. The second-order valence-electron chi connectivity index (χ2n) is 7.35. The average molecular weight is 507 g/mol. The molecular formula is C24H24ClFN2O5S. The van der Waals surface area contributed by atoms with Crippen molar-refractivity contribution in [2.75, 3.05) is 25.1 Å². The van der Waals surface area contributed by atoms with E-state index in [2.05, 4.69) is 5.32 Å². The molecule has 0 bridgehead atoms. The number of benzene rings is 3. The second-order valence-corrected chi connectivity index (χ2v) is 9.64. The van der Waals surface area contributed by atoms with Gasteiger partial charge < -0.3 is 14.8 Å². The molecule has 0 aliphatic heterocycles. The molecule has 0 radical (unpaired) electrons. The molecule has 0 heterocycles. The average Bonchev–Trinajstić information content (AvgIpc) is 2.83. The molecule has 0 saturated heterocycles. The minimum absolute atomic E-state index is 0.0838. The van der Waals surface area contributed by atoms with Crippen LogP contribution in [0.3, 0.4) is 0 Å². The molecule has 0 spiro atoms. The topological polar surface area (TPSA) is 84.9 Å². The van der Waals surface area contributed by atoms with E-state index in [1.54, 1.807) is 19.1 Å². The lowest BCUT2D eigenvalue weighted by Crippen LogP contribution is -2.41. The lowest BCUT2D eigenvalue weighted by molar-refractivity contribution is -0.120. The van der Waals surface area contributed by atoms with E-state index >= 15 is 0 Å². The summed E-state index contributed by atoms with van der Waals surface area (Å²) in [7, 11) is -1.34. The number of halogens is 2. The number of amides is 1. The summed E-state index contributed by atoms with van der Waals surface area (Å²) in [6, 6.07) is 15.5. The van der Waals surface area contributed by atoms with Gasteiger partial charge in [0.25, 0.3) is 10.0 Å². The summed E-state index contributed by atoms with van der Waals surface area (Å²) < 4.78 is 51.8. The number of nitrogens with zero attached hydrogens (tertiary/aromatic N) is 1. The predicted octanol–water partition coefficient (Wildman–Crippen LogP) is 4.57. The van der Waals surface area contributed by atoms with Crippen molar-refractivity contribution in [2.24, 2.45) is 0 Å². The minimum Gasteiger partial charge on any atom is -0.493 e. The largest absolute Gasteiger partial charge is 0.493 e. The summed E-state index contributed by atoms with van der Waals surface area (Å²) in [5, 5.41) is 3.17. The number of methoxy groups -OCH3 is 2. The molecule has 34 heavy (non-hydrogen) atoms. The fourth-order valence-electron chi connectivity index (χ4n) is 3.28. The highest BCUT2D eigenvalue weighted by Crippen LogP contribution is 2.32. The molecular weight excluding hydrogens is 483 g/mol. The summed E-state index contributed by atoms with van der Waals surface area (Å²) in [5.74, 6) is -0.340. The Bertz CT molecular complexity index is 1250. The zero-order chi connectivity index (χ0) is 24.9. The van der Waals surface area contributed by atoms with Gasteiger partial charge in [0.05, 0.1) is 30.8 Å². The molecule has 0 aromatic heterocycles. The monoisotopic (exact) mass is 506 g/mol. The molecule has 1 unspecified atom stereocenters. The van der Waals surface area contributed by atoms with E-state index in [0.29, 0.717) is 16.3 Å². The van der Waals surface area contributed by atoms with E-state index < -0.39 is 34.3 Å². The second kappa shape index (κ2) is 10.8. The molecule has 1 atom stereocenters. The van der Waals surface area contributed by atoms with Crippen LogP contribution in [0.1, 0.15) is 18.5 Å². The maximum absolute atomic E-state index is 13.6. The van der Waals surface area contributed by atoms with Crippen LogP contribution < -0.4 is 19.1 Å². The molecule has 3 aromatic rings. The zero-order valence-corrected chi connectivity index (χ0v) is 20.4. The molecule has 1 N–H and O–H groups in total.